The molecular formula is C20H19N3O4. The summed E-state index contributed by atoms with van der Waals surface area (Å²) in [5.74, 6) is -1.62. The van der Waals surface area contributed by atoms with E-state index in [1.807, 2.05) is 24.3 Å². The Morgan fingerprint density at radius 3 is 2.48 bits per heavy atom. The van der Waals surface area contributed by atoms with Crippen molar-refractivity contribution in [1.82, 2.24) is 10.3 Å². The van der Waals surface area contributed by atoms with Gasteiger partial charge in [-0.05, 0) is 30.7 Å². The minimum absolute atomic E-state index is 0.0148. The molecule has 0 aliphatic carbocycles. The second kappa shape index (κ2) is 8.18. The highest BCUT2D eigenvalue weighted by Crippen LogP contribution is 2.19. The number of carboxylic acid groups (broad SMARTS) is 1. The van der Waals surface area contributed by atoms with Gasteiger partial charge in [0.1, 0.15) is 5.69 Å². The first-order valence-electron chi connectivity index (χ1n) is 8.53. The lowest BCUT2D eigenvalue weighted by atomic mass is 10.1. The molecule has 27 heavy (non-hydrogen) atoms. The molecule has 1 heterocycles. The standard InChI is InChI=1S/C20H19N3O4/c24-18(25)10-5-11-21-19(26)14-7-2-4-9-16(14)23-20(27)17-12-13-6-1-3-8-15(13)22-17/h1-4,6-9,12,22H,5,10-11H2,(H,21,26)(H,23,27)(H,24,25). The van der Waals surface area contributed by atoms with Crippen LogP contribution in [0.1, 0.15) is 33.7 Å². The fraction of sp³-hybridized carbons (Fsp3) is 0.150. The monoisotopic (exact) mass is 365 g/mol. The van der Waals surface area contributed by atoms with E-state index >= 15 is 0 Å². The average molecular weight is 365 g/mol. The second-order valence-corrected chi connectivity index (χ2v) is 6.02. The second-order valence-electron chi connectivity index (χ2n) is 6.02. The molecule has 7 nitrogen and oxygen atoms in total. The van der Waals surface area contributed by atoms with Crippen molar-refractivity contribution in [2.24, 2.45) is 0 Å². The Bertz CT molecular complexity index is 961. The molecule has 0 saturated carbocycles. The quantitative estimate of drug-likeness (QED) is 0.482. The first-order chi connectivity index (χ1) is 13.0. The van der Waals surface area contributed by atoms with Crippen molar-refractivity contribution in [2.45, 2.75) is 12.8 Å². The maximum Gasteiger partial charge on any atom is 0.303 e. The Morgan fingerprint density at radius 2 is 1.70 bits per heavy atom. The zero-order valence-electron chi connectivity index (χ0n) is 14.5. The van der Waals surface area contributed by atoms with Crippen LogP contribution < -0.4 is 10.6 Å². The highest BCUT2D eigenvalue weighted by molar-refractivity contribution is 6.09. The van der Waals surface area contributed by atoms with E-state index in [1.54, 1.807) is 30.3 Å². The summed E-state index contributed by atoms with van der Waals surface area (Å²) in [6, 6.07) is 16.0. The molecule has 0 bridgehead atoms. The normalized spacial score (nSPS) is 10.5. The molecule has 4 N–H and O–H groups in total. The summed E-state index contributed by atoms with van der Waals surface area (Å²) in [6.45, 7) is 0.245. The van der Waals surface area contributed by atoms with E-state index in [9.17, 15) is 14.4 Å². The van der Waals surface area contributed by atoms with Crippen LogP contribution in [0.15, 0.2) is 54.6 Å². The Balaban J connectivity index is 1.70. The van der Waals surface area contributed by atoms with Crippen LogP contribution in [0, 0.1) is 0 Å². The van der Waals surface area contributed by atoms with Crippen molar-refractivity contribution in [3.05, 3.63) is 65.9 Å². The molecule has 0 spiro atoms. The number of carboxylic acids is 1. The minimum atomic E-state index is -0.907. The lowest BCUT2D eigenvalue weighted by Gasteiger charge is -2.11. The summed E-state index contributed by atoms with van der Waals surface area (Å²) in [5.41, 5.74) is 1.95. The van der Waals surface area contributed by atoms with Crippen LogP contribution >= 0.6 is 0 Å². The van der Waals surface area contributed by atoms with Gasteiger partial charge in [0.2, 0.25) is 0 Å². The van der Waals surface area contributed by atoms with Gasteiger partial charge in [0.15, 0.2) is 0 Å². The number of rotatable bonds is 7. The molecule has 138 valence electrons. The molecule has 3 rings (SSSR count). The number of hydrogen-bond acceptors (Lipinski definition) is 3. The summed E-state index contributed by atoms with van der Waals surface area (Å²) in [6.07, 6.45) is 0.323. The number of anilines is 1. The number of aliphatic carboxylic acids is 1. The Kier molecular flexibility index (Phi) is 5.51. The van der Waals surface area contributed by atoms with Gasteiger partial charge in [0.05, 0.1) is 11.3 Å². The summed E-state index contributed by atoms with van der Waals surface area (Å²) < 4.78 is 0. The molecule has 0 aliphatic heterocycles. The van der Waals surface area contributed by atoms with Gasteiger partial charge in [-0.1, -0.05) is 30.3 Å². The largest absolute Gasteiger partial charge is 0.481 e. The molecule has 0 atom stereocenters. The maximum atomic E-state index is 12.6. The molecule has 3 aromatic rings. The zero-order chi connectivity index (χ0) is 19.2. The first kappa shape index (κ1) is 18.2. The number of carbonyl (C=O) groups excluding carboxylic acids is 2. The predicted molar refractivity (Wildman–Crippen MR) is 102 cm³/mol. The molecule has 0 unspecified atom stereocenters. The van der Waals surface area contributed by atoms with Crippen LogP contribution in [-0.2, 0) is 4.79 Å². The summed E-state index contributed by atoms with van der Waals surface area (Å²) in [4.78, 5) is 38.5. The third kappa shape index (κ3) is 4.52. The van der Waals surface area contributed by atoms with Gasteiger partial charge in [-0.25, -0.2) is 0 Å². The number of H-pyrrole nitrogens is 1. The highest BCUT2D eigenvalue weighted by Gasteiger charge is 2.15. The van der Waals surface area contributed by atoms with Gasteiger partial charge in [-0.15, -0.1) is 0 Å². The van der Waals surface area contributed by atoms with Crippen LogP contribution in [0.25, 0.3) is 10.9 Å². The number of aromatic nitrogens is 1. The SMILES string of the molecule is O=C(O)CCCNC(=O)c1ccccc1NC(=O)c1cc2ccccc2[nH]1. The molecule has 2 amide bonds. The first-order valence-corrected chi connectivity index (χ1v) is 8.53. The molecular weight excluding hydrogens is 346 g/mol. The number of aromatic amines is 1. The van der Waals surface area contributed by atoms with E-state index in [0.29, 0.717) is 23.4 Å². The van der Waals surface area contributed by atoms with E-state index in [4.69, 9.17) is 5.11 Å². The number of carbonyl (C=O) groups is 3. The number of fused-ring (bicyclic) bond motifs is 1. The van der Waals surface area contributed by atoms with Crippen molar-refractivity contribution in [2.75, 3.05) is 11.9 Å². The molecule has 7 heteroatoms. The lowest BCUT2D eigenvalue weighted by molar-refractivity contribution is -0.137. The van der Waals surface area contributed by atoms with Gasteiger partial charge in [0.25, 0.3) is 11.8 Å². The van der Waals surface area contributed by atoms with E-state index in [0.717, 1.165) is 10.9 Å². The van der Waals surface area contributed by atoms with Gasteiger partial charge in [0, 0.05) is 23.9 Å². The number of hydrogen-bond donors (Lipinski definition) is 4. The minimum Gasteiger partial charge on any atom is -0.481 e. The third-order valence-corrected chi connectivity index (χ3v) is 4.05. The Morgan fingerprint density at radius 1 is 0.963 bits per heavy atom. The van der Waals surface area contributed by atoms with Crippen molar-refractivity contribution in [1.29, 1.82) is 0 Å². The average Bonchev–Trinajstić information content (AvgIpc) is 3.10. The van der Waals surface area contributed by atoms with Crippen LogP contribution in [-0.4, -0.2) is 34.4 Å². The number of benzene rings is 2. The number of amides is 2. The topological polar surface area (TPSA) is 111 Å². The summed E-state index contributed by atoms with van der Waals surface area (Å²) >= 11 is 0. The van der Waals surface area contributed by atoms with Crippen LogP contribution in [0.5, 0.6) is 0 Å². The van der Waals surface area contributed by atoms with Gasteiger partial charge < -0.3 is 20.7 Å². The number of nitrogens with one attached hydrogen (secondary N) is 3. The predicted octanol–water partition coefficient (Wildman–Crippen LogP) is 3.01. The van der Waals surface area contributed by atoms with Gasteiger partial charge in [-0.3, -0.25) is 14.4 Å². The number of para-hydroxylation sites is 2. The Labute approximate surface area is 155 Å². The molecule has 2 aromatic carbocycles. The van der Waals surface area contributed by atoms with E-state index in [2.05, 4.69) is 15.6 Å². The molecule has 1 aromatic heterocycles. The fourth-order valence-corrected chi connectivity index (χ4v) is 2.71. The zero-order valence-corrected chi connectivity index (χ0v) is 14.5. The van der Waals surface area contributed by atoms with Crippen molar-refractivity contribution >= 4 is 34.4 Å². The third-order valence-electron chi connectivity index (χ3n) is 4.05. The van der Waals surface area contributed by atoms with E-state index in [1.165, 1.54) is 0 Å². The fourth-order valence-electron chi connectivity index (χ4n) is 2.71. The van der Waals surface area contributed by atoms with E-state index in [-0.39, 0.29) is 24.8 Å². The van der Waals surface area contributed by atoms with E-state index < -0.39 is 5.97 Å². The van der Waals surface area contributed by atoms with Crippen LogP contribution in [0.2, 0.25) is 0 Å². The maximum absolute atomic E-state index is 12.6. The molecule has 0 radical (unpaired) electrons. The molecule has 0 fully saturated rings. The highest BCUT2D eigenvalue weighted by atomic mass is 16.4. The lowest BCUT2D eigenvalue weighted by Crippen LogP contribution is -2.26. The van der Waals surface area contributed by atoms with Gasteiger partial charge in [-0.2, -0.15) is 0 Å². The Hall–Kier alpha value is -3.61. The van der Waals surface area contributed by atoms with Crippen molar-refractivity contribution < 1.29 is 19.5 Å². The molecule has 0 aliphatic rings. The smallest absolute Gasteiger partial charge is 0.303 e. The van der Waals surface area contributed by atoms with Crippen LogP contribution in [0.4, 0.5) is 5.69 Å². The summed E-state index contributed by atoms with van der Waals surface area (Å²) in [7, 11) is 0. The van der Waals surface area contributed by atoms with Crippen LogP contribution in [0.3, 0.4) is 0 Å². The van der Waals surface area contributed by atoms with Crippen molar-refractivity contribution in [3.63, 3.8) is 0 Å². The van der Waals surface area contributed by atoms with Gasteiger partial charge >= 0.3 is 5.97 Å². The van der Waals surface area contributed by atoms with Crippen molar-refractivity contribution in [3.8, 4) is 0 Å². The molecule has 0 saturated heterocycles. The summed E-state index contributed by atoms with van der Waals surface area (Å²) in [5, 5.41) is 15.0.